The maximum Gasteiger partial charge on any atom is 0.305 e. The first-order chi connectivity index (χ1) is 15.1. The minimum atomic E-state index is -0.899. The second-order valence-corrected chi connectivity index (χ2v) is 7.50. The summed E-state index contributed by atoms with van der Waals surface area (Å²) in [5.74, 6) is -0.661. The van der Waals surface area contributed by atoms with E-state index in [9.17, 15) is 14.7 Å². The third-order valence-corrected chi connectivity index (χ3v) is 5.47. The Morgan fingerprint density at radius 2 is 1.97 bits per heavy atom. The molecule has 1 aliphatic heterocycles. The van der Waals surface area contributed by atoms with Gasteiger partial charge in [0, 0.05) is 24.2 Å². The number of aromatic nitrogens is 3. The molecule has 1 amide bonds. The van der Waals surface area contributed by atoms with Crippen LogP contribution in [-0.2, 0) is 4.79 Å². The molecule has 0 radical (unpaired) electrons. The number of carbonyl (C=O) groups is 2. The van der Waals surface area contributed by atoms with E-state index in [2.05, 4.69) is 10.1 Å². The quantitative estimate of drug-likeness (QED) is 0.656. The summed E-state index contributed by atoms with van der Waals surface area (Å²) in [5, 5.41) is 13.8. The van der Waals surface area contributed by atoms with Crippen molar-refractivity contribution >= 4 is 11.9 Å². The molecule has 8 nitrogen and oxygen atoms in total. The summed E-state index contributed by atoms with van der Waals surface area (Å²) in [6, 6.07) is 14.7. The van der Waals surface area contributed by atoms with Gasteiger partial charge in [-0.15, -0.1) is 0 Å². The molecule has 0 saturated carbocycles. The van der Waals surface area contributed by atoms with Crippen LogP contribution in [0.4, 0.5) is 0 Å². The number of nitrogens with zero attached hydrogens (tertiary/aromatic N) is 4. The van der Waals surface area contributed by atoms with Crippen LogP contribution in [0.1, 0.15) is 36.2 Å². The molecular formula is C23H24N4O4. The maximum absolute atomic E-state index is 13.3. The van der Waals surface area contributed by atoms with Crippen LogP contribution in [0.2, 0.25) is 0 Å². The number of rotatable bonds is 6. The van der Waals surface area contributed by atoms with Crippen molar-refractivity contribution in [3.8, 4) is 22.8 Å². The molecule has 1 unspecified atom stereocenters. The van der Waals surface area contributed by atoms with Gasteiger partial charge < -0.3 is 14.7 Å². The molecule has 2 aromatic heterocycles. The third kappa shape index (κ3) is 4.42. The van der Waals surface area contributed by atoms with Crippen LogP contribution >= 0.6 is 0 Å². The number of carboxylic acid groups (broad SMARTS) is 1. The van der Waals surface area contributed by atoms with E-state index in [0.29, 0.717) is 24.5 Å². The SMILES string of the molecule is COc1ccc(-n2nc(C(=O)N3CCCCC3CC(=O)O)cc2-c2ccccc2)cn1. The lowest BCUT2D eigenvalue weighted by molar-refractivity contribution is -0.138. The van der Waals surface area contributed by atoms with Crippen LogP contribution in [0, 0.1) is 0 Å². The van der Waals surface area contributed by atoms with Crippen molar-refractivity contribution in [2.45, 2.75) is 31.7 Å². The fraction of sp³-hybridized carbons (Fsp3) is 0.304. The number of piperidine rings is 1. The number of carbonyl (C=O) groups excluding carboxylic acids is 1. The average molecular weight is 420 g/mol. The maximum atomic E-state index is 13.3. The number of ether oxygens (including phenoxy) is 1. The molecule has 0 spiro atoms. The topological polar surface area (TPSA) is 97.6 Å². The molecule has 1 fully saturated rings. The van der Waals surface area contributed by atoms with E-state index in [0.717, 1.165) is 24.1 Å². The Kier molecular flexibility index (Phi) is 5.97. The summed E-state index contributed by atoms with van der Waals surface area (Å²) in [7, 11) is 1.55. The van der Waals surface area contributed by atoms with Crippen molar-refractivity contribution in [3.05, 3.63) is 60.4 Å². The second kappa shape index (κ2) is 8.99. The van der Waals surface area contributed by atoms with Crippen LogP contribution in [0.15, 0.2) is 54.7 Å². The zero-order valence-corrected chi connectivity index (χ0v) is 17.3. The summed E-state index contributed by atoms with van der Waals surface area (Å²) >= 11 is 0. The van der Waals surface area contributed by atoms with Gasteiger partial charge in [-0.2, -0.15) is 5.10 Å². The van der Waals surface area contributed by atoms with E-state index < -0.39 is 5.97 Å². The van der Waals surface area contributed by atoms with Gasteiger partial charge in [0.25, 0.3) is 5.91 Å². The number of aliphatic carboxylic acids is 1. The molecule has 8 heteroatoms. The average Bonchev–Trinajstić information content (AvgIpc) is 3.25. The fourth-order valence-electron chi connectivity index (χ4n) is 3.94. The molecule has 4 rings (SSSR count). The highest BCUT2D eigenvalue weighted by molar-refractivity contribution is 5.94. The zero-order valence-electron chi connectivity index (χ0n) is 17.3. The summed E-state index contributed by atoms with van der Waals surface area (Å²) in [5.41, 5.74) is 2.64. The Bertz CT molecular complexity index is 1060. The number of carboxylic acids is 1. The largest absolute Gasteiger partial charge is 0.481 e. The van der Waals surface area contributed by atoms with Gasteiger partial charge >= 0.3 is 5.97 Å². The van der Waals surface area contributed by atoms with Gasteiger partial charge in [0.1, 0.15) is 0 Å². The third-order valence-electron chi connectivity index (χ3n) is 5.47. The molecule has 0 bridgehead atoms. The zero-order chi connectivity index (χ0) is 21.8. The number of hydrogen-bond donors (Lipinski definition) is 1. The van der Waals surface area contributed by atoms with E-state index >= 15 is 0 Å². The number of methoxy groups -OCH3 is 1. The molecule has 3 aromatic rings. The molecule has 0 aliphatic carbocycles. The van der Waals surface area contributed by atoms with Crippen LogP contribution in [0.25, 0.3) is 16.9 Å². The summed E-state index contributed by atoms with van der Waals surface area (Å²) < 4.78 is 6.82. The standard InChI is InChI=1S/C23H24N4O4/c1-31-21-11-10-18(15-24-21)27-20(16-7-3-2-4-8-16)14-19(25-27)23(30)26-12-6-5-9-17(26)13-22(28)29/h2-4,7-8,10-11,14-15,17H,5-6,9,12-13H2,1H3,(H,28,29). The minimum absolute atomic E-state index is 0.0552. The lowest BCUT2D eigenvalue weighted by Gasteiger charge is -2.34. The number of pyridine rings is 1. The van der Waals surface area contributed by atoms with Crippen molar-refractivity contribution in [2.75, 3.05) is 13.7 Å². The minimum Gasteiger partial charge on any atom is -0.481 e. The molecule has 1 aliphatic rings. The van der Waals surface area contributed by atoms with Gasteiger partial charge in [-0.3, -0.25) is 9.59 Å². The Labute approximate surface area is 180 Å². The van der Waals surface area contributed by atoms with Crippen molar-refractivity contribution in [3.63, 3.8) is 0 Å². The van der Waals surface area contributed by atoms with Gasteiger partial charge in [0.15, 0.2) is 5.69 Å². The van der Waals surface area contributed by atoms with Crippen LogP contribution in [0.5, 0.6) is 5.88 Å². The molecule has 160 valence electrons. The number of amides is 1. The number of likely N-dealkylation sites (tertiary alicyclic amines) is 1. The molecule has 1 atom stereocenters. The van der Waals surface area contributed by atoms with Gasteiger partial charge in [0.05, 0.1) is 31.1 Å². The predicted molar refractivity (Wildman–Crippen MR) is 114 cm³/mol. The predicted octanol–water partition coefficient (Wildman–Crippen LogP) is 3.41. The highest BCUT2D eigenvalue weighted by atomic mass is 16.5. The summed E-state index contributed by atoms with van der Waals surface area (Å²) in [6.07, 6.45) is 4.05. The van der Waals surface area contributed by atoms with Crippen molar-refractivity contribution < 1.29 is 19.4 Å². The van der Waals surface area contributed by atoms with E-state index in [1.54, 1.807) is 35.0 Å². The molecule has 1 aromatic carbocycles. The molecular weight excluding hydrogens is 396 g/mol. The summed E-state index contributed by atoms with van der Waals surface area (Å²) in [4.78, 5) is 30.5. The Morgan fingerprint density at radius 1 is 1.16 bits per heavy atom. The van der Waals surface area contributed by atoms with E-state index in [4.69, 9.17) is 4.74 Å². The molecule has 1 N–H and O–H groups in total. The van der Waals surface area contributed by atoms with Gasteiger partial charge in [-0.1, -0.05) is 30.3 Å². The van der Waals surface area contributed by atoms with E-state index in [1.165, 1.54) is 0 Å². The first-order valence-electron chi connectivity index (χ1n) is 10.3. The van der Waals surface area contributed by atoms with Crippen molar-refractivity contribution in [1.29, 1.82) is 0 Å². The van der Waals surface area contributed by atoms with Crippen LogP contribution < -0.4 is 4.74 Å². The molecule has 1 saturated heterocycles. The van der Waals surface area contributed by atoms with Gasteiger partial charge in [0.2, 0.25) is 5.88 Å². The molecule has 3 heterocycles. The van der Waals surface area contributed by atoms with Crippen LogP contribution in [-0.4, -0.2) is 56.3 Å². The monoisotopic (exact) mass is 420 g/mol. The van der Waals surface area contributed by atoms with Gasteiger partial charge in [-0.25, -0.2) is 9.67 Å². The van der Waals surface area contributed by atoms with E-state index in [-0.39, 0.29) is 24.1 Å². The fourth-order valence-corrected chi connectivity index (χ4v) is 3.94. The Balaban J connectivity index is 1.73. The van der Waals surface area contributed by atoms with E-state index in [1.807, 2.05) is 36.4 Å². The first kappa shape index (κ1) is 20.6. The summed E-state index contributed by atoms with van der Waals surface area (Å²) in [6.45, 7) is 0.536. The van der Waals surface area contributed by atoms with Crippen LogP contribution in [0.3, 0.4) is 0 Å². The Hall–Kier alpha value is -3.68. The number of benzene rings is 1. The first-order valence-corrected chi connectivity index (χ1v) is 10.3. The normalized spacial score (nSPS) is 16.2. The van der Waals surface area contributed by atoms with Crippen molar-refractivity contribution in [2.24, 2.45) is 0 Å². The second-order valence-electron chi connectivity index (χ2n) is 7.50. The van der Waals surface area contributed by atoms with Gasteiger partial charge in [-0.05, 0) is 31.4 Å². The highest BCUT2D eigenvalue weighted by Crippen LogP contribution is 2.27. The lowest BCUT2D eigenvalue weighted by Crippen LogP contribution is -2.44. The Morgan fingerprint density at radius 3 is 2.65 bits per heavy atom. The lowest BCUT2D eigenvalue weighted by atomic mass is 9.99. The van der Waals surface area contributed by atoms with Crippen molar-refractivity contribution in [1.82, 2.24) is 19.7 Å². The smallest absolute Gasteiger partial charge is 0.305 e. The molecule has 31 heavy (non-hydrogen) atoms. The highest BCUT2D eigenvalue weighted by Gasteiger charge is 2.31. The number of hydrogen-bond acceptors (Lipinski definition) is 5.